The van der Waals surface area contributed by atoms with Crippen molar-refractivity contribution in [2.24, 2.45) is 0 Å². The summed E-state index contributed by atoms with van der Waals surface area (Å²) < 4.78 is 15.9. The highest BCUT2D eigenvalue weighted by molar-refractivity contribution is 14.1. The molecule has 0 bridgehead atoms. The smallest absolute Gasteiger partial charge is 0.338 e. The van der Waals surface area contributed by atoms with E-state index in [2.05, 4.69) is 0 Å². The van der Waals surface area contributed by atoms with Crippen molar-refractivity contribution in [3.05, 3.63) is 55.7 Å². The van der Waals surface area contributed by atoms with Crippen LogP contribution in [-0.4, -0.2) is 38.9 Å². The number of methoxy groups -OCH3 is 3. The van der Waals surface area contributed by atoms with Gasteiger partial charge >= 0.3 is 5.97 Å². The van der Waals surface area contributed by atoms with Crippen molar-refractivity contribution < 1.29 is 28.6 Å². The first-order valence-corrected chi connectivity index (χ1v) is 8.28. The maximum atomic E-state index is 13.1. The number of benzene rings is 2. The van der Waals surface area contributed by atoms with Gasteiger partial charge in [-0.2, -0.15) is 0 Å². The van der Waals surface area contributed by atoms with Crippen LogP contribution in [0.4, 0.5) is 0 Å². The van der Waals surface area contributed by atoms with E-state index in [0.717, 1.165) is 0 Å². The maximum absolute atomic E-state index is 13.1. The Kier molecular flexibility index (Phi) is 4.51. The van der Waals surface area contributed by atoms with Crippen LogP contribution in [0.1, 0.15) is 42.2 Å². The maximum Gasteiger partial charge on any atom is 0.338 e. The summed E-state index contributed by atoms with van der Waals surface area (Å²) >= 11 is 2.00. The number of esters is 1. The molecule has 0 heterocycles. The number of halogens is 1. The first-order chi connectivity index (χ1) is 11.9. The quantitative estimate of drug-likeness (QED) is 0.450. The van der Waals surface area contributed by atoms with Gasteiger partial charge in [0.2, 0.25) is 5.78 Å². The van der Waals surface area contributed by atoms with Gasteiger partial charge in [-0.1, -0.05) is 0 Å². The lowest BCUT2D eigenvalue weighted by Gasteiger charge is -2.22. The molecular formula is C18H13IO6. The summed E-state index contributed by atoms with van der Waals surface area (Å²) in [6, 6.07) is 6.10. The van der Waals surface area contributed by atoms with Crippen LogP contribution in [0.2, 0.25) is 0 Å². The molecule has 0 atom stereocenters. The van der Waals surface area contributed by atoms with E-state index in [1.54, 1.807) is 12.1 Å². The van der Waals surface area contributed by atoms with Gasteiger partial charge in [-0.15, -0.1) is 0 Å². The summed E-state index contributed by atoms with van der Waals surface area (Å²) in [6.45, 7) is 0. The van der Waals surface area contributed by atoms with Crippen molar-refractivity contribution >= 4 is 40.1 Å². The van der Waals surface area contributed by atoms with E-state index in [4.69, 9.17) is 14.2 Å². The molecule has 25 heavy (non-hydrogen) atoms. The zero-order chi connectivity index (χ0) is 18.3. The highest BCUT2D eigenvalue weighted by atomic mass is 127. The first-order valence-electron chi connectivity index (χ1n) is 7.20. The number of carbonyl (C=O) groups excluding carboxylic acids is 3. The molecule has 0 spiro atoms. The largest absolute Gasteiger partial charge is 0.496 e. The van der Waals surface area contributed by atoms with Crippen molar-refractivity contribution in [2.75, 3.05) is 21.3 Å². The van der Waals surface area contributed by atoms with Crippen LogP contribution in [0.5, 0.6) is 11.5 Å². The molecule has 1 aliphatic carbocycles. The van der Waals surface area contributed by atoms with E-state index in [-0.39, 0.29) is 45.1 Å². The molecule has 0 aromatic heterocycles. The summed E-state index contributed by atoms with van der Waals surface area (Å²) in [7, 11) is 4.05. The Balaban J connectivity index is 2.35. The molecule has 1 aliphatic rings. The third kappa shape index (κ3) is 2.58. The van der Waals surface area contributed by atoms with Crippen molar-refractivity contribution in [2.45, 2.75) is 0 Å². The predicted molar refractivity (Wildman–Crippen MR) is 96.9 cm³/mol. The van der Waals surface area contributed by atoms with Crippen LogP contribution in [0.25, 0.3) is 0 Å². The van der Waals surface area contributed by atoms with Crippen LogP contribution >= 0.6 is 22.6 Å². The molecule has 128 valence electrons. The van der Waals surface area contributed by atoms with Gasteiger partial charge in [0.25, 0.3) is 0 Å². The van der Waals surface area contributed by atoms with Crippen LogP contribution in [0, 0.1) is 3.57 Å². The van der Waals surface area contributed by atoms with E-state index < -0.39 is 5.97 Å². The first kappa shape index (κ1) is 17.4. The van der Waals surface area contributed by atoms with Gasteiger partial charge in [0.05, 0.1) is 43.6 Å². The van der Waals surface area contributed by atoms with E-state index in [1.165, 1.54) is 33.5 Å². The summed E-state index contributed by atoms with van der Waals surface area (Å²) in [5.41, 5.74) is 0.842. The zero-order valence-electron chi connectivity index (χ0n) is 13.6. The van der Waals surface area contributed by atoms with Crippen LogP contribution in [0.3, 0.4) is 0 Å². The van der Waals surface area contributed by atoms with Gasteiger partial charge in [-0.05, 0) is 46.9 Å². The lowest BCUT2D eigenvalue weighted by atomic mass is 9.82. The van der Waals surface area contributed by atoms with E-state index in [9.17, 15) is 14.4 Å². The SMILES string of the molecule is COC(=O)c1cc(OC)c2c(c1)C(=O)c1c(I)ccc(OC)c1C2=O. The third-order valence-electron chi connectivity index (χ3n) is 4.01. The molecular weight excluding hydrogens is 439 g/mol. The fraction of sp³-hybridized carbons (Fsp3) is 0.167. The molecule has 0 saturated carbocycles. The third-order valence-corrected chi connectivity index (χ3v) is 4.90. The van der Waals surface area contributed by atoms with Gasteiger partial charge in [-0.3, -0.25) is 9.59 Å². The standard InChI is InChI=1S/C18H13IO6/c1-23-11-5-4-10(19)14-15(11)17(21)13-9(16(14)20)6-8(18(22)25-3)7-12(13)24-2/h4-7H,1-3H3. The van der Waals surface area contributed by atoms with Gasteiger partial charge < -0.3 is 14.2 Å². The zero-order valence-corrected chi connectivity index (χ0v) is 15.8. The molecule has 0 amide bonds. The molecule has 0 fully saturated rings. The van der Waals surface area contributed by atoms with Crippen molar-refractivity contribution in [3.63, 3.8) is 0 Å². The Morgan fingerprint density at radius 3 is 2.16 bits per heavy atom. The summed E-state index contributed by atoms with van der Waals surface area (Å²) in [4.78, 5) is 38.0. The van der Waals surface area contributed by atoms with Gasteiger partial charge in [0.1, 0.15) is 11.5 Å². The summed E-state index contributed by atoms with van der Waals surface area (Å²) in [6.07, 6.45) is 0. The molecule has 0 N–H and O–H groups in total. The number of rotatable bonds is 3. The van der Waals surface area contributed by atoms with Crippen LogP contribution in [0.15, 0.2) is 24.3 Å². The molecule has 2 aromatic rings. The monoisotopic (exact) mass is 452 g/mol. The highest BCUT2D eigenvalue weighted by Crippen LogP contribution is 2.39. The number of ether oxygens (including phenoxy) is 3. The fourth-order valence-electron chi connectivity index (χ4n) is 2.86. The molecule has 0 unspecified atom stereocenters. The topological polar surface area (TPSA) is 78.9 Å². The Labute approximate surface area is 157 Å². The Morgan fingerprint density at radius 2 is 1.56 bits per heavy atom. The Hall–Kier alpha value is -2.42. The van der Waals surface area contributed by atoms with E-state index >= 15 is 0 Å². The fourth-order valence-corrected chi connectivity index (χ4v) is 3.56. The van der Waals surface area contributed by atoms with E-state index in [1.807, 2.05) is 22.6 Å². The minimum absolute atomic E-state index is 0.114. The number of hydrogen-bond acceptors (Lipinski definition) is 6. The minimum Gasteiger partial charge on any atom is -0.496 e. The van der Waals surface area contributed by atoms with Crippen molar-refractivity contribution in [1.82, 2.24) is 0 Å². The van der Waals surface area contributed by atoms with Gasteiger partial charge in [-0.25, -0.2) is 4.79 Å². The predicted octanol–water partition coefficient (Wildman–Crippen LogP) is 2.87. The van der Waals surface area contributed by atoms with Gasteiger partial charge in [0, 0.05) is 9.13 Å². The van der Waals surface area contributed by atoms with Gasteiger partial charge in [0.15, 0.2) is 5.78 Å². The molecule has 0 saturated heterocycles. The lowest BCUT2D eigenvalue weighted by molar-refractivity contribution is 0.0600. The number of fused-ring (bicyclic) bond motifs is 2. The number of hydrogen-bond donors (Lipinski definition) is 0. The second-order valence-electron chi connectivity index (χ2n) is 5.25. The summed E-state index contributed by atoms with van der Waals surface area (Å²) in [5.74, 6) is -0.904. The molecule has 7 heteroatoms. The average molecular weight is 452 g/mol. The molecule has 0 radical (unpaired) electrons. The number of ketones is 2. The second-order valence-corrected chi connectivity index (χ2v) is 6.41. The normalized spacial score (nSPS) is 12.3. The Bertz CT molecular complexity index is 932. The Morgan fingerprint density at radius 1 is 0.880 bits per heavy atom. The average Bonchev–Trinajstić information content (AvgIpc) is 2.63. The molecule has 6 nitrogen and oxygen atoms in total. The minimum atomic E-state index is -0.618. The van der Waals surface area contributed by atoms with Crippen LogP contribution < -0.4 is 9.47 Å². The highest BCUT2D eigenvalue weighted by Gasteiger charge is 2.37. The number of carbonyl (C=O) groups is 3. The molecule has 0 aliphatic heterocycles. The van der Waals surface area contributed by atoms with E-state index in [0.29, 0.717) is 9.32 Å². The van der Waals surface area contributed by atoms with Crippen molar-refractivity contribution in [1.29, 1.82) is 0 Å². The second kappa shape index (κ2) is 6.47. The van der Waals surface area contributed by atoms with Crippen molar-refractivity contribution in [3.8, 4) is 11.5 Å². The summed E-state index contributed by atoms with van der Waals surface area (Å²) in [5, 5.41) is 0. The lowest BCUT2D eigenvalue weighted by Crippen LogP contribution is -2.24. The molecule has 2 aromatic carbocycles. The molecule has 3 rings (SSSR count). The van der Waals surface area contributed by atoms with Crippen LogP contribution in [-0.2, 0) is 4.74 Å².